The molecule has 0 amide bonds. The molecule has 22 heavy (non-hydrogen) atoms. The minimum Gasteiger partial charge on any atom is -0.288 e. The molecular formula is C17H23N5. The van der Waals surface area contributed by atoms with E-state index in [-0.39, 0.29) is 0 Å². The Kier molecular flexibility index (Phi) is 3.26. The predicted octanol–water partition coefficient (Wildman–Crippen LogP) is 2.57. The zero-order valence-electron chi connectivity index (χ0n) is 13.6. The van der Waals surface area contributed by atoms with Gasteiger partial charge in [0.25, 0.3) is 0 Å². The van der Waals surface area contributed by atoms with Crippen LogP contribution in [-0.4, -0.2) is 30.7 Å². The number of hydrogen-bond donors (Lipinski definition) is 0. The molecule has 0 saturated carbocycles. The Morgan fingerprint density at radius 2 is 2.09 bits per heavy atom. The summed E-state index contributed by atoms with van der Waals surface area (Å²) in [5, 5.41) is 4.49. The molecule has 5 heteroatoms. The second-order valence-electron chi connectivity index (χ2n) is 6.51. The van der Waals surface area contributed by atoms with Crippen LogP contribution in [0.3, 0.4) is 0 Å². The van der Waals surface area contributed by atoms with Crippen LogP contribution in [0.2, 0.25) is 0 Å². The van der Waals surface area contributed by atoms with Crippen LogP contribution >= 0.6 is 0 Å². The number of fused-ring (bicyclic) bond motifs is 4. The molecule has 0 radical (unpaired) electrons. The van der Waals surface area contributed by atoms with E-state index in [1.165, 1.54) is 35.4 Å². The summed E-state index contributed by atoms with van der Waals surface area (Å²) >= 11 is 0. The molecule has 4 heterocycles. The molecule has 2 aromatic heterocycles. The summed E-state index contributed by atoms with van der Waals surface area (Å²) in [6, 6.07) is 1.11. The van der Waals surface area contributed by atoms with Gasteiger partial charge in [0, 0.05) is 54.6 Å². The third kappa shape index (κ3) is 2.07. The van der Waals surface area contributed by atoms with Crippen LogP contribution in [0.15, 0.2) is 12.4 Å². The van der Waals surface area contributed by atoms with Crippen molar-refractivity contribution in [2.75, 3.05) is 0 Å². The fraction of sp³-hybridized carbons (Fsp3) is 0.588. The number of hydrogen-bond acceptors (Lipinski definition) is 4. The quantitative estimate of drug-likeness (QED) is 0.873. The maximum atomic E-state index is 4.68. The van der Waals surface area contributed by atoms with Gasteiger partial charge < -0.3 is 0 Å². The van der Waals surface area contributed by atoms with Crippen molar-refractivity contribution in [3.63, 3.8) is 0 Å². The second kappa shape index (κ2) is 5.16. The molecule has 4 rings (SSSR count). The van der Waals surface area contributed by atoms with E-state index in [2.05, 4.69) is 44.7 Å². The van der Waals surface area contributed by atoms with Gasteiger partial charge in [0.1, 0.15) is 5.82 Å². The molecule has 5 nitrogen and oxygen atoms in total. The molecular weight excluding hydrogens is 274 g/mol. The maximum Gasteiger partial charge on any atom is 0.125 e. The molecule has 2 bridgehead atoms. The van der Waals surface area contributed by atoms with E-state index < -0.39 is 0 Å². The largest absolute Gasteiger partial charge is 0.288 e. The summed E-state index contributed by atoms with van der Waals surface area (Å²) in [5.41, 5.74) is 5.28. The maximum absolute atomic E-state index is 4.68. The zero-order chi connectivity index (χ0) is 15.3. The highest BCUT2D eigenvalue weighted by atomic mass is 15.3. The smallest absolute Gasteiger partial charge is 0.125 e. The normalized spacial score (nSPS) is 23.8. The van der Waals surface area contributed by atoms with Crippen molar-refractivity contribution >= 4 is 0 Å². The lowest BCUT2D eigenvalue weighted by atomic mass is 9.98. The molecule has 2 aromatic rings. The topological polar surface area (TPSA) is 46.8 Å². The number of aryl methyl sites for hydroxylation is 2. The average Bonchev–Trinajstić information content (AvgIpc) is 2.99. The van der Waals surface area contributed by atoms with Gasteiger partial charge in [0.05, 0.1) is 11.9 Å². The fourth-order valence-corrected chi connectivity index (χ4v) is 4.08. The van der Waals surface area contributed by atoms with Gasteiger partial charge in [-0.25, -0.2) is 9.97 Å². The highest BCUT2D eigenvalue weighted by molar-refractivity contribution is 5.29. The summed E-state index contributed by atoms with van der Waals surface area (Å²) in [5.74, 6) is 0.895. The third-order valence-electron chi connectivity index (χ3n) is 5.31. The Hall–Kier alpha value is -1.75. The van der Waals surface area contributed by atoms with Crippen molar-refractivity contribution in [2.45, 2.75) is 65.2 Å². The second-order valence-corrected chi connectivity index (χ2v) is 6.51. The van der Waals surface area contributed by atoms with E-state index in [9.17, 15) is 0 Å². The Morgan fingerprint density at radius 3 is 2.86 bits per heavy atom. The molecule has 2 aliphatic heterocycles. The molecule has 116 valence electrons. The van der Waals surface area contributed by atoms with Crippen molar-refractivity contribution in [2.24, 2.45) is 0 Å². The van der Waals surface area contributed by atoms with Gasteiger partial charge in [-0.3, -0.25) is 9.58 Å². The first kappa shape index (κ1) is 13.9. The van der Waals surface area contributed by atoms with Gasteiger partial charge in [-0.15, -0.1) is 0 Å². The monoisotopic (exact) mass is 297 g/mol. The van der Waals surface area contributed by atoms with Crippen LogP contribution < -0.4 is 0 Å². The minimum atomic E-state index is 0.485. The number of aromatic nitrogens is 4. The molecule has 0 unspecified atom stereocenters. The molecule has 0 aromatic carbocycles. The van der Waals surface area contributed by atoms with Crippen molar-refractivity contribution in [3.05, 3.63) is 40.7 Å². The van der Waals surface area contributed by atoms with Crippen LogP contribution in [0.5, 0.6) is 0 Å². The Morgan fingerprint density at radius 1 is 1.23 bits per heavy atom. The molecule has 1 fully saturated rings. The molecule has 0 N–H and O–H groups in total. The molecule has 2 aliphatic rings. The Balaban J connectivity index is 1.64. The van der Waals surface area contributed by atoms with Crippen LogP contribution in [-0.2, 0) is 19.5 Å². The van der Waals surface area contributed by atoms with Crippen molar-refractivity contribution in [3.8, 4) is 0 Å². The lowest BCUT2D eigenvalue weighted by Crippen LogP contribution is -2.37. The van der Waals surface area contributed by atoms with Gasteiger partial charge in [0.2, 0.25) is 0 Å². The van der Waals surface area contributed by atoms with E-state index in [1.807, 2.05) is 13.1 Å². The van der Waals surface area contributed by atoms with E-state index in [0.717, 1.165) is 25.3 Å². The van der Waals surface area contributed by atoms with Gasteiger partial charge in [-0.1, -0.05) is 0 Å². The van der Waals surface area contributed by atoms with Crippen molar-refractivity contribution in [1.29, 1.82) is 0 Å². The Labute approximate surface area is 131 Å². The van der Waals surface area contributed by atoms with Crippen LogP contribution in [0.1, 0.15) is 54.1 Å². The zero-order valence-corrected chi connectivity index (χ0v) is 13.6. The standard InChI is InChI=1S/C17H23N5/c1-4-22-11(2)13(8-19-22)10-21-14-5-6-17(21)15-9-18-12(3)20-16(15)7-14/h8-9,14,17H,4-7,10H2,1-3H3/t14-,17-/m1/s1. The van der Waals surface area contributed by atoms with Crippen LogP contribution in [0, 0.1) is 13.8 Å². The van der Waals surface area contributed by atoms with Crippen LogP contribution in [0.25, 0.3) is 0 Å². The van der Waals surface area contributed by atoms with E-state index in [0.29, 0.717) is 12.1 Å². The lowest BCUT2D eigenvalue weighted by Gasteiger charge is -2.35. The average molecular weight is 297 g/mol. The van der Waals surface area contributed by atoms with Crippen LogP contribution in [0.4, 0.5) is 0 Å². The van der Waals surface area contributed by atoms with Crippen molar-refractivity contribution in [1.82, 2.24) is 24.6 Å². The van der Waals surface area contributed by atoms with E-state index >= 15 is 0 Å². The number of nitrogens with zero attached hydrogens (tertiary/aromatic N) is 5. The van der Waals surface area contributed by atoms with Gasteiger partial charge in [-0.05, 0) is 33.6 Å². The first-order valence-corrected chi connectivity index (χ1v) is 8.26. The van der Waals surface area contributed by atoms with Gasteiger partial charge in [0.15, 0.2) is 0 Å². The first-order valence-electron chi connectivity index (χ1n) is 8.26. The summed E-state index contributed by atoms with van der Waals surface area (Å²) in [6.07, 6.45) is 7.65. The van der Waals surface area contributed by atoms with Gasteiger partial charge >= 0.3 is 0 Å². The summed E-state index contributed by atoms with van der Waals surface area (Å²) in [4.78, 5) is 11.8. The van der Waals surface area contributed by atoms with Gasteiger partial charge in [-0.2, -0.15) is 5.10 Å². The SMILES string of the molecule is CCn1ncc(CN2[C@@H]3CC[C@@H]2c2cnc(C)nc2C3)c1C. The van der Waals surface area contributed by atoms with E-state index in [1.54, 1.807) is 0 Å². The van der Waals surface area contributed by atoms with Crippen molar-refractivity contribution < 1.29 is 0 Å². The molecule has 2 atom stereocenters. The summed E-state index contributed by atoms with van der Waals surface area (Å²) in [6.45, 7) is 8.24. The summed E-state index contributed by atoms with van der Waals surface area (Å²) < 4.78 is 2.08. The molecule has 1 saturated heterocycles. The highest BCUT2D eigenvalue weighted by Gasteiger charge is 2.40. The predicted molar refractivity (Wildman–Crippen MR) is 84.4 cm³/mol. The number of rotatable bonds is 3. The molecule has 0 aliphatic carbocycles. The van der Waals surface area contributed by atoms with E-state index in [4.69, 9.17) is 0 Å². The fourth-order valence-electron chi connectivity index (χ4n) is 4.08. The first-order chi connectivity index (χ1) is 10.7. The minimum absolute atomic E-state index is 0.485. The Bertz CT molecular complexity index is 705. The molecule has 0 spiro atoms. The summed E-state index contributed by atoms with van der Waals surface area (Å²) in [7, 11) is 0. The third-order valence-corrected chi connectivity index (χ3v) is 5.31. The highest BCUT2D eigenvalue weighted by Crippen LogP contribution is 2.43. The lowest BCUT2D eigenvalue weighted by molar-refractivity contribution is 0.165.